The van der Waals surface area contributed by atoms with Crippen molar-refractivity contribution in [2.45, 2.75) is 46.3 Å². The number of hydrogen-bond acceptors (Lipinski definition) is 6. The molecule has 0 unspecified atom stereocenters. The van der Waals surface area contributed by atoms with E-state index in [1.54, 1.807) is 6.92 Å². The van der Waals surface area contributed by atoms with Crippen molar-refractivity contribution in [1.82, 2.24) is 25.2 Å². The maximum Gasteiger partial charge on any atom is 0.320 e. The first-order valence-electron chi connectivity index (χ1n) is 10.2. The number of nitrogens with zero attached hydrogens (tertiary/aromatic N) is 4. The molecule has 0 amide bonds. The molecule has 2 N–H and O–H groups in total. The molecule has 1 atom stereocenters. The van der Waals surface area contributed by atoms with E-state index in [1.807, 2.05) is 54.2 Å². The summed E-state index contributed by atoms with van der Waals surface area (Å²) in [6.45, 7) is 8.26. The Kier molecular flexibility index (Phi) is 5.56. The number of carbonyl (C=O) groups is 1. The van der Waals surface area contributed by atoms with E-state index in [-0.39, 0.29) is 6.04 Å². The summed E-state index contributed by atoms with van der Waals surface area (Å²) in [5, 5.41) is 21.6. The van der Waals surface area contributed by atoms with Gasteiger partial charge in [0.1, 0.15) is 6.04 Å². The van der Waals surface area contributed by atoms with Crippen LogP contribution in [0, 0.1) is 6.92 Å². The summed E-state index contributed by atoms with van der Waals surface area (Å²) in [5.41, 5.74) is 4.76. The van der Waals surface area contributed by atoms with Gasteiger partial charge in [0.15, 0.2) is 0 Å². The van der Waals surface area contributed by atoms with Crippen LogP contribution in [0.15, 0.2) is 47.1 Å². The number of aliphatic carboxylic acids is 1. The summed E-state index contributed by atoms with van der Waals surface area (Å²) in [5.74, 6) is 0.0981. The van der Waals surface area contributed by atoms with Crippen molar-refractivity contribution in [3.05, 3.63) is 53.7 Å². The first kappa shape index (κ1) is 20.7. The van der Waals surface area contributed by atoms with Crippen LogP contribution < -0.4 is 5.32 Å². The molecular weight excluding hydrogens is 394 g/mol. The van der Waals surface area contributed by atoms with Crippen LogP contribution in [-0.4, -0.2) is 37.0 Å². The summed E-state index contributed by atoms with van der Waals surface area (Å²) in [4.78, 5) is 15.5. The van der Waals surface area contributed by atoms with E-state index in [2.05, 4.69) is 34.4 Å². The highest BCUT2D eigenvalue weighted by atomic mass is 16.5. The number of hydrogen-bond donors (Lipinski definition) is 2. The van der Waals surface area contributed by atoms with Crippen LogP contribution in [0.5, 0.6) is 0 Å². The number of aromatic nitrogens is 4. The lowest BCUT2D eigenvalue weighted by Crippen LogP contribution is -2.33. The number of fused-ring (bicyclic) bond motifs is 1. The van der Waals surface area contributed by atoms with E-state index in [4.69, 9.17) is 9.63 Å². The Balaban J connectivity index is 1.56. The summed E-state index contributed by atoms with van der Waals surface area (Å²) < 4.78 is 7.51. The normalized spacial score (nSPS) is 12.5. The lowest BCUT2D eigenvalue weighted by molar-refractivity contribution is -0.139. The van der Waals surface area contributed by atoms with Crippen LogP contribution in [0.25, 0.3) is 33.7 Å². The molecule has 0 aliphatic rings. The Bertz CT molecular complexity index is 1240. The third kappa shape index (κ3) is 4.20. The summed E-state index contributed by atoms with van der Waals surface area (Å²) in [6, 6.07) is 11.5. The van der Waals surface area contributed by atoms with Gasteiger partial charge in [0.25, 0.3) is 5.89 Å². The first-order valence-corrected chi connectivity index (χ1v) is 10.2. The molecule has 0 aliphatic carbocycles. The van der Waals surface area contributed by atoms with Crippen molar-refractivity contribution in [1.29, 1.82) is 0 Å². The number of benzene rings is 2. The number of aryl methyl sites for hydroxylation is 1. The fourth-order valence-electron chi connectivity index (χ4n) is 3.49. The quantitative estimate of drug-likeness (QED) is 0.462. The third-order valence-electron chi connectivity index (χ3n) is 5.27. The van der Waals surface area contributed by atoms with Crippen molar-refractivity contribution < 1.29 is 14.4 Å². The molecule has 0 spiro atoms. The number of carboxylic acids is 1. The molecular formula is C23H25N5O3. The number of carboxylic acid groups (broad SMARTS) is 1. The molecule has 8 heteroatoms. The fourth-order valence-corrected chi connectivity index (χ4v) is 3.49. The zero-order valence-electron chi connectivity index (χ0n) is 18.0. The van der Waals surface area contributed by atoms with Crippen LogP contribution in [0.2, 0.25) is 0 Å². The molecule has 0 saturated carbocycles. The van der Waals surface area contributed by atoms with Crippen molar-refractivity contribution in [3.8, 4) is 22.8 Å². The second kappa shape index (κ2) is 8.31. The number of nitrogens with one attached hydrogen (secondary N) is 1. The average molecular weight is 419 g/mol. The highest BCUT2D eigenvalue weighted by molar-refractivity contribution is 5.83. The predicted octanol–water partition coefficient (Wildman–Crippen LogP) is 4.21. The Hall–Kier alpha value is -3.52. The molecule has 2 heterocycles. The van der Waals surface area contributed by atoms with Gasteiger partial charge in [-0.15, -0.1) is 0 Å². The average Bonchev–Trinajstić information content (AvgIpc) is 3.38. The molecule has 0 radical (unpaired) electrons. The van der Waals surface area contributed by atoms with Gasteiger partial charge in [-0.3, -0.25) is 9.48 Å². The SMILES string of the molecule is Cc1cc(CN[C@H](C)C(=O)O)ccc1-c1noc(-c2ccc3c(cnn3C(C)C)c2)n1. The molecule has 0 fully saturated rings. The van der Waals surface area contributed by atoms with Gasteiger partial charge in [0, 0.05) is 29.1 Å². The zero-order valence-corrected chi connectivity index (χ0v) is 18.0. The first-order chi connectivity index (χ1) is 14.8. The summed E-state index contributed by atoms with van der Waals surface area (Å²) in [7, 11) is 0. The molecule has 0 bridgehead atoms. The topological polar surface area (TPSA) is 106 Å². The van der Waals surface area contributed by atoms with Gasteiger partial charge in [-0.2, -0.15) is 10.1 Å². The molecule has 4 aromatic rings. The Morgan fingerprint density at radius 3 is 2.71 bits per heavy atom. The van der Waals surface area contributed by atoms with Crippen molar-refractivity contribution >= 4 is 16.9 Å². The van der Waals surface area contributed by atoms with E-state index in [0.717, 1.165) is 33.2 Å². The second-order valence-corrected chi connectivity index (χ2v) is 7.97. The summed E-state index contributed by atoms with van der Waals surface area (Å²) in [6.07, 6.45) is 1.85. The van der Waals surface area contributed by atoms with Crippen LogP contribution in [0.1, 0.15) is 37.9 Å². The second-order valence-electron chi connectivity index (χ2n) is 7.97. The fraction of sp³-hybridized carbons (Fsp3) is 0.304. The van der Waals surface area contributed by atoms with Crippen molar-refractivity contribution in [2.24, 2.45) is 0 Å². The van der Waals surface area contributed by atoms with E-state index in [9.17, 15) is 4.79 Å². The molecule has 31 heavy (non-hydrogen) atoms. The van der Waals surface area contributed by atoms with E-state index >= 15 is 0 Å². The zero-order chi connectivity index (χ0) is 22.1. The van der Waals surface area contributed by atoms with Crippen LogP contribution in [0.3, 0.4) is 0 Å². The van der Waals surface area contributed by atoms with Crippen LogP contribution in [-0.2, 0) is 11.3 Å². The molecule has 0 aliphatic heterocycles. The van der Waals surface area contributed by atoms with Gasteiger partial charge in [-0.05, 0) is 57.0 Å². The maximum atomic E-state index is 11.0. The lowest BCUT2D eigenvalue weighted by Gasteiger charge is -2.10. The van der Waals surface area contributed by atoms with E-state index in [1.165, 1.54) is 0 Å². The maximum absolute atomic E-state index is 11.0. The predicted molar refractivity (Wildman–Crippen MR) is 118 cm³/mol. The molecule has 8 nitrogen and oxygen atoms in total. The van der Waals surface area contributed by atoms with Gasteiger partial charge in [-0.25, -0.2) is 0 Å². The Morgan fingerprint density at radius 1 is 1.19 bits per heavy atom. The smallest absolute Gasteiger partial charge is 0.320 e. The molecule has 160 valence electrons. The van der Waals surface area contributed by atoms with Crippen molar-refractivity contribution in [2.75, 3.05) is 0 Å². The molecule has 2 aromatic carbocycles. The molecule has 4 rings (SSSR count). The highest BCUT2D eigenvalue weighted by Crippen LogP contribution is 2.28. The minimum Gasteiger partial charge on any atom is -0.480 e. The van der Waals surface area contributed by atoms with Gasteiger partial charge >= 0.3 is 5.97 Å². The highest BCUT2D eigenvalue weighted by Gasteiger charge is 2.15. The molecule has 2 aromatic heterocycles. The third-order valence-corrected chi connectivity index (χ3v) is 5.27. The van der Waals surface area contributed by atoms with Gasteiger partial charge in [0.05, 0.1) is 11.7 Å². The van der Waals surface area contributed by atoms with E-state index < -0.39 is 12.0 Å². The van der Waals surface area contributed by atoms with E-state index in [0.29, 0.717) is 18.3 Å². The van der Waals surface area contributed by atoms with Gasteiger partial charge < -0.3 is 14.9 Å². The largest absolute Gasteiger partial charge is 0.480 e. The Morgan fingerprint density at radius 2 is 2.00 bits per heavy atom. The van der Waals surface area contributed by atoms with Gasteiger partial charge in [-0.1, -0.05) is 23.4 Å². The lowest BCUT2D eigenvalue weighted by atomic mass is 10.0. The molecule has 0 saturated heterocycles. The van der Waals surface area contributed by atoms with Crippen LogP contribution >= 0.6 is 0 Å². The Labute approximate surface area is 179 Å². The number of rotatable bonds is 7. The van der Waals surface area contributed by atoms with Crippen molar-refractivity contribution in [3.63, 3.8) is 0 Å². The van der Waals surface area contributed by atoms with Crippen LogP contribution in [0.4, 0.5) is 0 Å². The standard InChI is InChI=1S/C23H25N5O3/c1-13(2)28-20-8-6-17(10-18(20)12-25-28)22-26-21(27-31-22)19-7-5-16(9-14(19)3)11-24-15(4)23(29)30/h5-10,12-13,15,24H,11H2,1-4H3,(H,29,30)/t15-/m1/s1. The minimum atomic E-state index is -0.873. The monoisotopic (exact) mass is 419 g/mol. The van der Waals surface area contributed by atoms with Gasteiger partial charge in [0.2, 0.25) is 5.82 Å². The minimum absolute atomic E-state index is 0.284. The summed E-state index contributed by atoms with van der Waals surface area (Å²) >= 11 is 0.